The number of nitrogen functional groups attached to an aromatic ring is 1. The highest BCUT2D eigenvalue weighted by Gasteiger charge is 2.12. The predicted octanol–water partition coefficient (Wildman–Crippen LogP) is 3.42. The molecular weight excluding hydrogens is 266 g/mol. The fraction of sp³-hybridized carbons (Fsp3) is 0.438. The highest BCUT2D eigenvalue weighted by molar-refractivity contribution is 7.09. The number of anilines is 1. The first kappa shape index (κ1) is 13.6. The van der Waals surface area contributed by atoms with Crippen LogP contribution in [0.4, 0.5) is 5.69 Å². The van der Waals surface area contributed by atoms with Gasteiger partial charge in [-0.1, -0.05) is 24.6 Å². The van der Waals surface area contributed by atoms with Gasteiger partial charge in [-0.25, -0.2) is 4.98 Å². The minimum atomic E-state index is 0.806. The molecule has 0 amide bonds. The normalized spacial score (nSPS) is 16.4. The zero-order chi connectivity index (χ0) is 13.8. The lowest BCUT2D eigenvalue weighted by atomic mass is 10.1. The highest BCUT2D eigenvalue weighted by Crippen LogP contribution is 2.27. The minimum absolute atomic E-state index is 0.806. The molecule has 2 heterocycles. The number of hydrogen-bond acceptors (Lipinski definition) is 4. The quantitative estimate of drug-likeness (QED) is 0.876. The second-order valence-electron chi connectivity index (χ2n) is 5.37. The molecule has 0 aliphatic carbocycles. The molecule has 1 aromatic carbocycles. The van der Waals surface area contributed by atoms with E-state index in [1.807, 2.05) is 24.3 Å². The van der Waals surface area contributed by atoms with Crippen molar-refractivity contribution in [2.24, 2.45) is 0 Å². The van der Waals surface area contributed by atoms with Crippen LogP contribution in [0.15, 0.2) is 29.6 Å². The average Bonchev–Trinajstić information content (AvgIpc) is 2.95. The molecule has 1 aliphatic heterocycles. The third-order valence-electron chi connectivity index (χ3n) is 3.88. The van der Waals surface area contributed by atoms with E-state index in [4.69, 9.17) is 10.7 Å². The van der Waals surface area contributed by atoms with Crippen molar-refractivity contribution in [3.05, 3.63) is 34.7 Å². The lowest BCUT2D eigenvalue weighted by Crippen LogP contribution is -2.31. The van der Waals surface area contributed by atoms with Gasteiger partial charge in [-0.2, -0.15) is 0 Å². The summed E-state index contributed by atoms with van der Waals surface area (Å²) in [6.07, 6.45) is 5.15. The van der Waals surface area contributed by atoms with Gasteiger partial charge in [0.25, 0.3) is 0 Å². The molecule has 0 atom stereocenters. The summed E-state index contributed by atoms with van der Waals surface area (Å²) in [5.41, 5.74) is 8.88. The fourth-order valence-electron chi connectivity index (χ4n) is 2.72. The van der Waals surface area contributed by atoms with Crippen LogP contribution in [0.3, 0.4) is 0 Å². The molecule has 1 aromatic heterocycles. The topological polar surface area (TPSA) is 42.1 Å². The third-order valence-corrected chi connectivity index (χ3v) is 4.79. The van der Waals surface area contributed by atoms with E-state index in [0.29, 0.717) is 0 Å². The van der Waals surface area contributed by atoms with Gasteiger partial charge >= 0.3 is 0 Å². The van der Waals surface area contributed by atoms with Crippen molar-refractivity contribution in [3.8, 4) is 11.3 Å². The summed E-state index contributed by atoms with van der Waals surface area (Å²) in [7, 11) is 0. The zero-order valence-electron chi connectivity index (χ0n) is 11.7. The smallest absolute Gasteiger partial charge is 0.0945 e. The van der Waals surface area contributed by atoms with Gasteiger partial charge in [-0.3, -0.25) is 0 Å². The summed E-state index contributed by atoms with van der Waals surface area (Å²) in [6.45, 7) is 3.64. The van der Waals surface area contributed by atoms with Crippen molar-refractivity contribution in [1.82, 2.24) is 9.88 Å². The maximum absolute atomic E-state index is 6.01. The average molecular weight is 287 g/mol. The number of rotatable bonds is 4. The number of aromatic nitrogens is 1. The Bertz CT molecular complexity index is 558. The molecule has 1 aliphatic rings. The van der Waals surface area contributed by atoms with E-state index in [1.54, 1.807) is 11.3 Å². The number of para-hydroxylation sites is 1. The summed E-state index contributed by atoms with van der Waals surface area (Å²) in [6, 6.07) is 7.95. The summed E-state index contributed by atoms with van der Waals surface area (Å²) in [4.78, 5) is 7.29. The number of piperidine rings is 1. The highest BCUT2D eigenvalue weighted by atomic mass is 32.1. The van der Waals surface area contributed by atoms with E-state index in [9.17, 15) is 0 Å². The van der Waals surface area contributed by atoms with Crippen molar-refractivity contribution in [1.29, 1.82) is 0 Å². The van der Waals surface area contributed by atoms with E-state index < -0.39 is 0 Å². The minimum Gasteiger partial charge on any atom is -0.398 e. The van der Waals surface area contributed by atoms with Crippen molar-refractivity contribution < 1.29 is 0 Å². The molecule has 20 heavy (non-hydrogen) atoms. The summed E-state index contributed by atoms with van der Waals surface area (Å²) in [5.74, 6) is 0. The second-order valence-corrected chi connectivity index (χ2v) is 6.31. The molecule has 2 N–H and O–H groups in total. The Morgan fingerprint density at radius 3 is 2.75 bits per heavy atom. The first-order chi connectivity index (χ1) is 9.83. The molecule has 0 bridgehead atoms. The Balaban J connectivity index is 1.63. The molecule has 3 nitrogen and oxygen atoms in total. The Labute approximate surface area is 124 Å². The predicted molar refractivity (Wildman–Crippen MR) is 86.0 cm³/mol. The van der Waals surface area contributed by atoms with Gasteiger partial charge in [0.1, 0.15) is 0 Å². The molecule has 1 fully saturated rings. The maximum Gasteiger partial charge on any atom is 0.0945 e. The number of nitrogens with two attached hydrogens (primary N) is 1. The number of thiazole rings is 1. The van der Waals surface area contributed by atoms with Crippen LogP contribution in [0.5, 0.6) is 0 Å². The first-order valence-electron chi connectivity index (χ1n) is 7.34. The molecular formula is C16H21N3S. The van der Waals surface area contributed by atoms with Crippen LogP contribution in [0.25, 0.3) is 11.3 Å². The van der Waals surface area contributed by atoms with Crippen molar-refractivity contribution in [2.45, 2.75) is 25.7 Å². The first-order valence-corrected chi connectivity index (χ1v) is 8.22. The van der Waals surface area contributed by atoms with E-state index in [1.165, 1.54) is 37.4 Å². The van der Waals surface area contributed by atoms with Crippen LogP contribution in [-0.2, 0) is 6.42 Å². The van der Waals surface area contributed by atoms with Crippen LogP contribution in [0.1, 0.15) is 24.3 Å². The molecule has 2 aromatic rings. The Kier molecular flexibility index (Phi) is 4.33. The largest absolute Gasteiger partial charge is 0.398 e. The summed E-state index contributed by atoms with van der Waals surface area (Å²) >= 11 is 1.75. The van der Waals surface area contributed by atoms with Gasteiger partial charge in [-0.05, 0) is 32.0 Å². The van der Waals surface area contributed by atoms with Crippen LogP contribution >= 0.6 is 11.3 Å². The Morgan fingerprint density at radius 2 is 1.95 bits per heavy atom. The molecule has 0 unspecified atom stereocenters. The van der Waals surface area contributed by atoms with Gasteiger partial charge in [0.2, 0.25) is 0 Å². The molecule has 106 valence electrons. The van der Waals surface area contributed by atoms with E-state index in [-0.39, 0.29) is 0 Å². The SMILES string of the molecule is Nc1ccccc1-c1csc(CCN2CCCCC2)n1. The molecule has 0 radical (unpaired) electrons. The van der Waals surface area contributed by atoms with Crippen molar-refractivity contribution in [2.75, 3.05) is 25.4 Å². The molecule has 4 heteroatoms. The van der Waals surface area contributed by atoms with Crippen LogP contribution < -0.4 is 5.73 Å². The monoisotopic (exact) mass is 287 g/mol. The lowest BCUT2D eigenvalue weighted by Gasteiger charge is -2.25. The number of nitrogens with zero attached hydrogens (tertiary/aromatic N) is 2. The van der Waals surface area contributed by atoms with Gasteiger partial charge in [-0.15, -0.1) is 11.3 Å². The number of likely N-dealkylation sites (tertiary alicyclic amines) is 1. The van der Waals surface area contributed by atoms with Crippen LogP contribution in [0.2, 0.25) is 0 Å². The lowest BCUT2D eigenvalue weighted by molar-refractivity contribution is 0.231. The van der Waals surface area contributed by atoms with Crippen LogP contribution in [0, 0.1) is 0 Å². The summed E-state index contributed by atoms with van der Waals surface area (Å²) < 4.78 is 0. The summed E-state index contributed by atoms with van der Waals surface area (Å²) in [5, 5.41) is 3.34. The van der Waals surface area contributed by atoms with E-state index in [2.05, 4.69) is 10.3 Å². The Hall–Kier alpha value is -1.39. The van der Waals surface area contributed by atoms with Crippen LogP contribution in [-0.4, -0.2) is 29.5 Å². The van der Waals surface area contributed by atoms with Gasteiger partial charge in [0, 0.05) is 29.6 Å². The van der Waals surface area contributed by atoms with E-state index >= 15 is 0 Å². The Morgan fingerprint density at radius 1 is 1.15 bits per heavy atom. The standard InChI is InChI=1S/C16H21N3S/c17-14-7-3-2-6-13(14)15-12-20-16(18-15)8-11-19-9-4-1-5-10-19/h2-3,6-7,12H,1,4-5,8-11,17H2. The maximum atomic E-state index is 6.01. The molecule has 0 saturated carbocycles. The number of hydrogen-bond donors (Lipinski definition) is 1. The van der Waals surface area contributed by atoms with Gasteiger partial charge in [0.05, 0.1) is 10.7 Å². The van der Waals surface area contributed by atoms with Crippen molar-refractivity contribution >= 4 is 17.0 Å². The molecule has 0 spiro atoms. The molecule has 3 rings (SSSR count). The second kappa shape index (κ2) is 6.37. The number of benzene rings is 1. The van der Waals surface area contributed by atoms with Gasteiger partial charge < -0.3 is 10.6 Å². The third kappa shape index (κ3) is 3.19. The van der Waals surface area contributed by atoms with Crippen molar-refractivity contribution in [3.63, 3.8) is 0 Å². The zero-order valence-corrected chi connectivity index (χ0v) is 12.5. The fourth-order valence-corrected chi connectivity index (χ4v) is 3.50. The molecule has 1 saturated heterocycles. The van der Waals surface area contributed by atoms with E-state index in [0.717, 1.165) is 29.9 Å². The van der Waals surface area contributed by atoms with Gasteiger partial charge in [0.15, 0.2) is 0 Å².